The SMILES string of the molecule is COc1ccc(COc2cccc(OCC3CC3)c2CC=O)cc1. The number of carbonyl (C=O) groups excluding carboxylic acids is 1. The van der Waals surface area contributed by atoms with Crippen LogP contribution in [0.4, 0.5) is 0 Å². The van der Waals surface area contributed by atoms with Gasteiger partial charge in [0, 0.05) is 12.0 Å². The van der Waals surface area contributed by atoms with Crippen molar-refractivity contribution in [3.63, 3.8) is 0 Å². The first kappa shape index (κ1) is 16.4. The second-order valence-corrected chi connectivity index (χ2v) is 5.99. The van der Waals surface area contributed by atoms with E-state index in [1.807, 2.05) is 42.5 Å². The number of ether oxygens (including phenoxy) is 3. The van der Waals surface area contributed by atoms with Gasteiger partial charge in [0.05, 0.1) is 13.7 Å². The minimum absolute atomic E-state index is 0.290. The fourth-order valence-corrected chi connectivity index (χ4v) is 2.48. The normalized spacial score (nSPS) is 13.4. The zero-order chi connectivity index (χ0) is 16.8. The Morgan fingerprint density at radius 1 is 1.04 bits per heavy atom. The van der Waals surface area contributed by atoms with Crippen molar-refractivity contribution in [2.45, 2.75) is 25.9 Å². The molecule has 0 heterocycles. The lowest BCUT2D eigenvalue weighted by Gasteiger charge is -2.15. The Morgan fingerprint density at radius 2 is 1.75 bits per heavy atom. The molecule has 2 aromatic carbocycles. The Balaban J connectivity index is 1.70. The van der Waals surface area contributed by atoms with Gasteiger partial charge in [0.25, 0.3) is 0 Å². The molecule has 24 heavy (non-hydrogen) atoms. The number of aldehydes is 1. The Hall–Kier alpha value is -2.49. The van der Waals surface area contributed by atoms with Crippen LogP contribution < -0.4 is 14.2 Å². The van der Waals surface area contributed by atoms with Crippen LogP contribution in [-0.4, -0.2) is 20.0 Å². The molecule has 0 aliphatic heterocycles. The van der Waals surface area contributed by atoms with Gasteiger partial charge in [-0.15, -0.1) is 0 Å². The van der Waals surface area contributed by atoms with Gasteiger partial charge in [0.15, 0.2) is 0 Å². The first-order chi connectivity index (χ1) is 11.8. The van der Waals surface area contributed by atoms with Gasteiger partial charge < -0.3 is 19.0 Å². The van der Waals surface area contributed by atoms with E-state index < -0.39 is 0 Å². The second kappa shape index (κ2) is 7.86. The van der Waals surface area contributed by atoms with Gasteiger partial charge in [-0.1, -0.05) is 18.2 Å². The maximum Gasteiger partial charge on any atom is 0.127 e. The fourth-order valence-electron chi connectivity index (χ4n) is 2.48. The molecule has 0 radical (unpaired) electrons. The number of methoxy groups -OCH3 is 1. The van der Waals surface area contributed by atoms with Crippen molar-refractivity contribution in [3.8, 4) is 17.2 Å². The molecular weight excluding hydrogens is 304 g/mol. The smallest absolute Gasteiger partial charge is 0.127 e. The van der Waals surface area contributed by atoms with E-state index in [9.17, 15) is 4.79 Å². The van der Waals surface area contributed by atoms with Crippen LogP contribution in [0.3, 0.4) is 0 Å². The highest BCUT2D eigenvalue weighted by molar-refractivity contribution is 5.61. The van der Waals surface area contributed by atoms with Crippen LogP contribution >= 0.6 is 0 Å². The Bertz CT molecular complexity index is 675. The molecule has 1 fully saturated rings. The van der Waals surface area contributed by atoms with Crippen molar-refractivity contribution in [1.29, 1.82) is 0 Å². The summed E-state index contributed by atoms with van der Waals surface area (Å²) < 4.78 is 17.0. The lowest BCUT2D eigenvalue weighted by Crippen LogP contribution is -2.05. The highest BCUT2D eigenvalue weighted by Crippen LogP contribution is 2.33. The molecule has 4 nitrogen and oxygen atoms in total. The molecule has 1 aliphatic carbocycles. The van der Waals surface area contributed by atoms with Crippen molar-refractivity contribution in [2.75, 3.05) is 13.7 Å². The molecular formula is C20H22O4. The zero-order valence-electron chi connectivity index (χ0n) is 13.9. The number of carbonyl (C=O) groups is 1. The fraction of sp³-hybridized carbons (Fsp3) is 0.350. The van der Waals surface area contributed by atoms with Crippen LogP contribution in [0.2, 0.25) is 0 Å². The number of rotatable bonds is 9. The molecule has 4 heteroatoms. The molecule has 1 aliphatic rings. The quantitative estimate of drug-likeness (QED) is 0.657. The van der Waals surface area contributed by atoms with Crippen LogP contribution in [0.15, 0.2) is 42.5 Å². The van der Waals surface area contributed by atoms with E-state index in [4.69, 9.17) is 14.2 Å². The van der Waals surface area contributed by atoms with Crippen molar-refractivity contribution < 1.29 is 19.0 Å². The zero-order valence-corrected chi connectivity index (χ0v) is 13.9. The standard InChI is InChI=1S/C20H22O4/c1-22-17-9-7-16(8-10-17)14-24-20-4-2-3-19(18(20)11-12-21)23-13-15-5-6-15/h2-4,7-10,12,15H,5-6,11,13-14H2,1H3. The third kappa shape index (κ3) is 4.28. The van der Waals surface area contributed by atoms with Gasteiger partial charge in [-0.3, -0.25) is 0 Å². The van der Waals surface area contributed by atoms with Crippen LogP contribution in [0.1, 0.15) is 24.0 Å². The van der Waals surface area contributed by atoms with Gasteiger partial charge in [0.2, 0.25) is 0 Å². The molecule has 0 aromatic heterocycles. The summed E-state index contributed by atoms with van der Waals surface area (Å²) in [7, 11) is 1.64. The van der Waals surface area contributed by atoms with Crippen molar-refractivity contribution in [2.24, 2.45) is 5.92 Å². The molecule has 0 unspecified atom stereocenters. The number of benzene rings is 2. The minimum atomic E-state index is 0.290. The topological polar surface area (TPSA) is 44.8 Å². The van der Waals surface area contributed by atoms with E-state index in [2.05, 4.69) is 0 Å². The van der Waals surface area contributed by atoms with E-state index in [-0.39, 0.29) is 0 Å². The summed E-state index contributed by atoms with van der Waals surface area (Å²) in [5.74, 6) is 2.93. The molecule has 0 atom stereocenters. The van der Waals surface area contributed by atoms with E-state index in [0.29, 0.717) is 31.3 Å². The molecule has 0 amide bonds. The van der Waals surface area contributed by atoms with E-state index in [0.717, 1.165) is 28.9 Å². The van der Waals surface area contributed by atoms with Crippen molar-refractivity contribution in [1.82, 2.24) is 0 Å². The maximum absolute atomic E-state index is 11.0. The predicted octanol–water partition coefficient (Wildman–Crippen LogP) is 3.80. The van der Waals surface area contributed by atoms with Gasteiger partial charge in [-0.25, -0.2) is 0 Å². The average molecular weight is 326 g/mol. The Kier molecular flexibility index (Phi) is 5.36. The van der Waals surface area contributed by atoms with E-state index in [1.165, 1.54) is 12.8 Å². The highest BCUT2D eigenvalue weighted by Gasteiger charge is 2.22. The van der Waals surface area contributed by atoms with E-state index in [1.54, 1.807) is 7.11 Å². The Labute approximate surface area is 142 Å². The molecule has 0 N–H and O–H groups in total. The number of hydrogen-bond acceptors (Lipinski definition) is 4. The van der Waals surface area contributed by atoms with Gasteiger partial charge in [0.1, 0.15) is 30.1 Å². The molecule has 126 valence electrons. The molecule has 0 spiro atoms. The van der Waals surface area contributed by atoms with Crippen LogP contribution in [-0.2, 0) is 17.8 Å². The summed E-state index contributed by atoms with van der Waals surface area (Å²) in [6.45, 7) is 1.15. The summed E-state index contributed by atoms with van der Waals surface area (Å²) in [6.07, 6.45) is 3.64. The predicted molar refractivity (Wildman–Crippen MR) is 91.8 cm³/mol. The minimum Gasteiger partial charge on any atom is -0.497 e. The molecule has 1 saturated carbocycles. The highest BCUT2D eigenvalue weighted by atomic mass is 16.5. The molecule has 2 aromatic rings. The summed E-state index contributed by atoms with van der Waals surface area (Å²) in [4.78, 5) is 11.0. The number of hydrogen-bond donors (Lipinski definition) is 0. The monoisotopic (exact) mass is 326 g/mol. The third-order valence-electron chi connectivity index (χ3n) is 4.10. The molecule has 0 saturated heterocycles. The first-order valence-corrected chi connectivity index (χ1v) is 8.24. The van der Waals surface area contributed by atoms with Crippen molar-refractivity contribution >= 4 is 6.29 Å². The van der Waals surface area contributed by atoms with Crippen LogP contribution in [0.25, 0.3) is 0 Å². The summed E-state index contributed by atoms with van der Waals surface area (Å²) >= 11 is 0. The largest absolute Gasteiger partial charge is 0.497 e. The molecule has 0 bridgehead atoms. The lowest BCUT2D eigenvalue weighted by molar-refractivity contribution is -0.107. The second-order valence-electron chi connectivity index (χ2n) is 5.99. The van der Waals surface area contributed by atoms with Gasteiger partial charge >= 0.3 is 0 Å². The lowest BCUT2D eigenvalue weighted by atomic mass is 10.1. The van der Waals surface area contributed by atoms with Crippen molar-refractivity contribution in [3.05, 3.63) is 53.6 Å². The summed E-state index contributed by atoms with van der Waals surface area (Å²) in [6, 6.07) is 13.4. The summed E-state index contributed by atoms with van der Waals surface area (Å²) in [5.41, 5.74) is 1.86. The van der Waals surface area contributed by atoms with Gasteiger partial charge in [-0.2, -0.15) is 0 Å². The Morgan fingerprint density at radius 3 is 2.38 bits per heavy atom. The van der Waals surface area contributed by atoms with Crippen LogP contribution in [0, 0.1) is 5.92 Å². The molecule has 3 rings (SSSR count). The van der Waals surface area contributed by atoms with Gasteiger partial charge in [-0.05, 0) is 48.6 Å². The summed E-state index contributed by atoms with van der Waals surface area (Å²) in [5, 5.41) is 0. The van der Waals surface area contributed by atoms with E-state index >= 15 is 0 Å². The average Bonchev–Trinajstić information content (AvgIpc) is 3.44. The third-order valence-corrected chi connectivity index (χ3v) is 4.10. The van der Waals surface area contributed by atoms with Crippen LogP contribution in [0.5, 0.6) is 17.2 Å². The maximum atomic E-state index is 11.0. The first-order valence-electron chi connectivity index (χ1n) is 8.24.